The van der Waals surface area contributed by atoms with Gasteiger partial charge in [0.15, 0.2) is 0 Å². The Kier molecular flexibility index (Phi) is 3.48. The van der Waals surface area contributed by atoms with Crippen molar-refractivity contribution >= 4 is 21.7 Å². The van der Waals surface area contributed by atoms with Crippen LogP contribution in [0, 0.1) is 0 Å². The molecule has 0 fully saturated rings. The van der Waals surface area contributed by atoms with Crippen LogP contribution in [-0.4, -0.2) is 5.78 Å². The number of hydrogen-bond donors (Lipinski definition) is 0. The molecule has 0 amide bonds. The van der Waals surface area contributed by atoms with Crippen LogP contribution in [-0.2, 0) is 11.2 Å². The van der Waals surface area contributed by atoms with Crippen LogP contribution in [0.2, 0.25) is 0 Å². The minimum absolute atomic E-state index is 0.280. The Morgan fingerprint density at radius 3 is 2.67 bits per heavy atom. The number of hydrogen-bond acceptors (Lipinski definition) is 1. The molecule has 64 valence electrons. The Labute approximate surface area is 80.9 Å². The van der Waals surface area contributed by atoms with Gasteiger partial charge < -0.3 is 0 Å². The summed E-state index contributed by atoms with van der Waals surface area (Å²) in [5.74, 6) is 0.280. The van der Waals surface area contributed by atoms with Crippen LogP contribution in [0.1, 0.15) is 18.9 Å². The van der Waals surface area contributed by atoms with Gasteiger partial charge >= 0.3 is 0 Å². The fourth-order valence-corrected chi connectivity index (χ4v) is 1.40. The lowest BCUT2D eigenvalue weighted by Crippen LogP contribution is -2.00. The summed E-state index contributed by atoms with van der Waals surface area (Å²) in [6.07, 6.45) is 1.15. The third-order valence-corrected chi connectivity index (χ3v) is 2.51. The van der Waals surface area contributed by atoms with Crippen LogP contribution >= 0.6 is 15.9 Å². The first-order chi connectivity index (χ1) is 5.74. The van der Waals surface area contributed by atoms with Gasteiger partial charge in [0.25, 0.3) is 0 Å². The van der Waals surface area contributed by atoms with Crippen LogP contribution in [0.3, 0.4) is 0 Å². The minimum atomic E-state index is 0.280. The molecule has 0 saturated heterocycles. The van der Waals surface area contributed by atoms with Crippen molar-refractivity contribution in [3.8, 4) is 0 Å². The summed E-state index contributed by atoms with van der Waals surface area (Å²) in [4.78, 5) is 11.1. The summed E-state index contributed by atoms with van der Waals surface area (Å²) in [7, 11) is 0. The monoisotopic (exact) mass is 226 g/mol. The van der Waals surface area contributed by atoms with E-state index in [9.17, 15) is 4.79 Å². The van der Waals surface area contributed by atoms with Gasteiger partial charge in [0, 0.05) is 17.3 Å². The quantitative estimate of drug-likeness (QED) is 0.775. The summed E-state index contributed by atoms with van der Waals surface area (Å²) in [5.41, 5.74) is 1.07. The highest BCUT2D eigenvalue weighted by Gasteiger charge is 2.03. The molecular formula is C10H11BrO. The number of ketones is 1. The van der Waals surface area contributed by atoms with Gasteiger partial charge in [0.2, 0.25) is 0 Å². The molecule has 0 radical (unpaired) electrons. The van der Waals surface area contributed by atoms with Gasteiger partial charge in [-0.3, -0.25) is 4.79 Å². The first-order valence-corrected chi connectivity index (χ1v) is 4.78. The van der Waals surface area contributed by atoms with E-state index in [2.05, 4.69) is 15.9 Å². The normalized spacial score (nSPS) is 9.83. The Balaban J connectivity index is 2.75. The van der Waals surface area contributed by atoms with Crippen molar-refractivity contribution in [2.24, 2.45) is 0 Å². The fraction of sp³-hybridized carbons (Fsp3) is 0.300. The smallest absolute Gasteiger partial charge is 0.137 e. The number of carbonyl (C=O) groups excluding carboxylic acids is 1. The molecule has 1 nitrogen and oxygen atoms in total. The number of Topliss-reactive ketones (excluding diaryl/α,β-unsaturated/α-hetero) is 1. The predicted octanol–water partition coefficient (Wildman–Crippen LogP) is 2.97. The summed E-state index contributed by atoms with van der Waals surface area (Å²) in [6.45, 7) is 1.89. The molecule has 1 aromatic carbocycles. The summed E-state index contributed by atoms with van der Waals surface area (Å²) in [5, 5.41) is 0. The van der Waals surface area contributed by atoms with Crippen molar-refractivity contribution in [3.05, 3.63) is 34.3 Å². The van der Waals surface area contributed by atoms with E-state index in [1.807, 2.05) is 31.2 Å². The highest BCUT2D eigenvalue weighted by atomic mass is 79.9. The lowest BCUT2D eigenvalue weighted by atomic mass is 10.1. The molecule has 12 heavy (non-hydrogen) atoms. The van der Waals surface area contributed by atoms with Crippen molar-refractivity contribution in [2.75, 3.05) is 0 Å². The molecule has 0 heterocycles. The zero-order valence-electron chi connectivity index (χ0n) is 7.01. The maximum atomic E-state index is 11.1. The Bertz CT molecular complexity index is 281. The van der Waals surface area contributed by atoms with Gasteiger partial charge in [0.05, 0.1) is 0 Å². The van der Waals surface area contributed by atoms with Crippen molar-refractivity contribution in [3.63, 3.8) is 0 Å². The van der Waals surface area contributed by atoms with Gasteiger partial charge in [-0.25, -0.2) is 0 Å². The van der Waals surface area contributed by atoms with Crippen LogP contribution in [0.5, 0.6) is 0 Å². The number of benzene rings is 1. The molecule has 2 heteroatoms. The molecule has 0 aliphatic carbocycles. The number of rotatable bonds is 3. The van der Waals surface area contributed by atoms with Crippen molar-refractivity contribution < 1.29 is 4.79 Å². The average Bonchev–Trinajstić information content (AvgIpc) is 2.09. The zero-order valence-corrected chi connectivity index (χ0v) is 8.60. The highest BCUT2D eigenvalue weighted by Crippen LogP contribution is 2.16. The molecule has 0 bridgehead atoms. The van der Waals surface area contributed by atoms with E-state index in [-0.39, 0.29) is 5.78 Å². The molecule has 0 unspecified atom stereocenters. The van der Waals surface area contributed by atoms with Crippen LogP contribution in [0.4, 0.5) is 0 Å². The first kappa shape index (κ1) is 9.46. The van der Waals surface area contributed by atoms with Crippen molar-refractivity contribution in [1.82, 2.24) is 0 Å². The lowest BCUT2D eigenvalue weighted by Gasteiger charge is -2.00. The summed E-state index contributed by atoms with van der Waals surface area (Å²) in [6, 6.07) is 7.82. The van der Waals surface area contributed by atoms with E-state index in [1.54, 1.807) is 0 Å². The average molecular weight is 227 g/mol. The zero-order chi connectivity index (χ0) is 8.97. The molecule has 1 rings (SSSR count). The second-order valence-corrected chi connectivity index (χ2v) is 3.51. The van der Waals surface area contributed by atoms with E-state index < -0.39 is 0 Å². The van der Waals surface area contributed by atoms with Gasteiger partial charge in [-0.15, -0.1) is 0 Å². The molecular weight excluding hydrogens is 216 g/mol. The maximum absolute atomic E-state index is 11.1. The standard InChI is InChI=1S/C10H11BrO/c1-2-9(12)7-8-5-3-4-6-10(8)11/h3-6H,2,7H2,1H3. The van der Waals surface area contributed by atoms with E-state index in [0.29, 0.717) is 12.8 Å². The SMILES string of the molecule is CCC(=O)Cc1ccccc1Br. The van der Waals surface area contributed by atoms with Crippen LogP contribution in [0.15, 0.2) is 28.7 Å². The van der Waals surface area contributed by atoms with Gasteiger partial charge in [-0.1, -0.05) is 41.1 Å². The molecule has 0 aliphatic rings. The predicted molar refractivity (Wildman–Crippen MR) is 53.1 cm³/mol. The number of carbonyl (C=O) groups is 1. The molecule has 0 aromatic heterocycles. The van der Waals surface area contributed by atoms with Gasteiger partial charge in [-0.2, -0.15) is 0 Å². The van der Waals surface area contributed by atoms with E-state index in [1.165, 1.54) is 0 Å². The second kappa shape index (κ2) is 4.41. The maximum Gasteiger partial charge on any atom is 0.137 e. The van der Waals surface area contributed by atoms with Crippen LogP contribution in [0.25, 0.3) is 0 Å². The minimum Gasteiger partial charge on any atom is -0.299 e. The highest BCUT2D eigenvalue weighted by molar-refractivity contribution is 9.10. The lowest BCUT2D eigenvalue weighted by molar-refractivity contribution is -0.118. The molecule has 0 aliphatic heterocycles. The Morgan fingerprint density at radius 2 is 2.08 bits per heavy atom. The van der Waals surface area contributed by atoms with Gasteiger partial charge in [0.1, 0.15) is 5.78 Å². The Morgan fingerprint density at radius 1 is 1.42 bits per heavy atom. The molecule has 0 saturated carbocycles. The fourth-order valence-electron chi connectivity index (χ4n) is 0.979. The van der Waals surface area contributed by atoms with Crippen LogP contribution < -0.4 is 0 Å². The molecule has 1 aromatic rings. The molecule has 0 N–H and O–H groups in total. The third-order valence-electron chi connectivity index (χ3n) is 1.74. The third kappa shape index (κ3) is 2.45. The largest absolute Gasteiger partial charge is 0.299 e. The van der Waals surface area contributed by atoms with Crippen molar-refractivity contribution in [1.29, 1.82) is 0 Å². The van der Waals surface area contributed by atoms with Gasteiger partial charge in [-0.05, 0) is 11.6 Å². The Hall–Kier alpha value is -0.630. The van der Waals surface area contributed by atoms with E-state index in [0.717, 1.165) is 10.0 Å². The molecule has 0 atom stereocenters. The summed E-state index contributed by atoms with van der Waals surface area (Å²) < 4.78 is 1.02. The van der Waals surface area contributed by atoms with E-state index >= 15 is 0 Å². The summed E-state index contributed by atoms with van der Waals surface area (Å²) >= 11 is 3.40. The van der Waals surface area contributed by atoms with Crippen molar-refractivity contribution in [2.45, 2.75) is 19.8 Å². The second-order valence-electron chi connectivity index (χ2n) is 2.66. The topological polar surface area (TPSA) is 17.1 Å². The first-order valence-electron chi connectivity index (χ1n) is 3.99. The van der Waals surface area contributed by atoms with E-state index in [4.69, 9.17) is 0 Å². The number of halogens is 1. The molecule has 0 spiro atoms.